The number of aldehydes is 1. The average molecular weight is 153 g/mol. The summed E-state index contributed by atoms with van der Waals surface area (Å²) in [6.45, 7) is 1.73. The van der Waals surface area contributed by atoms with E-state index in [1.807, 2.05) is 0 Å². The van der Waals surface area contributed by atoms with E-state index in [9.17, 15) is 9.18 Å². The standard InChI is InChI=1S/C8H8FNO/c1-6-4-7(9)5-10-8(6)2-3-11/h3-5H,2H2,1H3. The molecule has 1 aromatic rings. The number of hydrogen-bond donors (Lipinski definition) is 0. The summed E-state index contributed by atoms with van der Waals surface area (Å²) in [7, 11) is 0. The molecule has 0 saturated carbocycles. The second-order valence-electron chi connectivity index (χ2n) is 2.29. The Bertz CT molecular complexity index is 273. The van der Waals surface area contributed by atoms with E-state index in [-0.39, 0.29) is 12.2 Å². The molecule has 1 aromatic heterocycles. The lowest BCUT2D eigenvalue weighted by Gasteiger charge is -1.98. The zero-order valence-electron chi connectivity index (χ0n) is 6.17. The molecule has 0 atom stereocenters. The van der Waals surface area contributed by atoms with Crippen LogP contribution in [0.25, 0.3) is 0 Å². The number of rotatable bonds is 2. The fourth-order valence-electron chi connectivity index (χ4n) is 0.861. The lowest BCUT2D eigenvalue weighted by molar-refractivity contribution is -0.107. The first kappa shape index (κ1) is 7.85. The highest BCUT2D eigenvalue weighted by molar-refractivity contribution is 5.54. The van der Waals surface area contributed by atoms with Crippen LogP contribution in [0.2, 0.25) is 0 Å². The second kappa shape index (κ2) is 3.23. The molecule has 0 N–H and O–H groups in total. The number of carbonyl (C=O) groups excluding carboxylic acids is 1. The van der Waals surface area contributed by atoms with E-state index < -0.39 is 0 Å². The predicted octanol–water partition coefficient (Wildman–Crippen LogP) is 1.27. The topological polar surface area (TPSA) is 30.0 Å². The molecule has 0 fully saturated rings. The van der Waals surface area contributed by atoms with Gasteiger partial charge in [0.1, 0.15) is 12.1 Å². The summed E-state index contributed by atoms with van der Waals surface area (Å²) in [4.78, 5) is 13.8. The van der Waals surface area contributed by atoms with Crippen LogP contribution in [0, 0.1) is 12.7 Å². The Morgan fingerprint density at radius 1 is 1.73 bits per heavy atom. The molecule has 58 valence electrons. The molecule has 2 nitrogen and oxygen atoms in total. The highest BCUT2D eigenvalue weighted by Crippen LogP contribution is 2.05. The maximum absolute atomic E-state index is 12.4. The minimum Gasteiger partial charge on any atom is -0.303 e. The Kier molecular flexibility index (Phi) is 2.31. The Balaban J connectivity index is 2.98. The fourth-order valence-corrected chi connectivity index (χ4v) is 0.861. The van der Waals surface area contributed by atoms with E-state index >= 15 is 0 Å². The van der Waals surface area contributed by atoms with E-state index in [1.54, 1.807) is 6.92 Å². The van der Waals surface area contributed by atoms with Crippen molar-refractivity contribution in [1.29, 1.82) is 0 Å². The van der Waals surface area contributed by atoms with Crippen LogP contribution in [0.15, 0.2) is 12.3 Å². The molecule has 0 aromatic carbocycles. The van der Waals surface area contributed by atoms with Gasteiger partial charge in [0.15, 0.2) is 0 Å². The van der Waals surface area contributed by atoms with E-state index in [4.69, 9.17) is 0 Å². The minimum atomic E-state index is -0.364. The summed E-state index contributed by atoms with van der Waals surface area (Å²) in [6.07, 6.45) is 2.13. The fraction of sp³-hybridized carbons (Fsp3) is 0.250. The van der Waals surface area contributed by atoms with Crippen molar-refractivity contribution in [2.24, 2.45) is 0 Å². The molecule has 0 radical (unpaired) electrons. The predicted molar refractivity (Wildman–Crippen MR) is 38.7 cm³/mol. The smallest absolute Gasteiger partial charge is 0.141 e. The minimum absolute atomic E-state index is 0.256. The molecule has 1 rings (SSSR count). The maximum Gasteiger partial charge on any atom is 0.141 e. The van der Waals surface area contributed by atoms with Crippen LogP contribution in [-0.4, -0.2) is 11.3 Å². The third kappa shape index (κ3) is 1.83. The quantitative estimate of drug-likeness (QED) is 0.599. The molecule has 0 bridgehead atoms. The van der Waals surface area contributed by atoms with Crippen LogP contribution in [0.5, 0.6) is 0 Å². The van der Waals surface area contributed by atoms with Crippen molar-refractivity contribution in [3.05, 3.63) is 29.3 Å². The van der Waals surface area contributed by atoms with Crippen molar-refractivity contribution in [2.45, 2.75) is 13.3 Å². The van der Waals surface area contributed by atoms with Crippen LogP contribution in [0.3, 0.4) is 0 Å². The third-order valence-electron chi connectivity index (χ3n) is 1.43. The van der Waals surface area contributed by atoms with Gasteiger partial charge in [-0.15, -0.1) is 0 Å². The molecule has 3 heteroatoms. The summed E-state index contributed by atoms with van der Waals surface area (Å²) >= 11 is 0. The van der Waals surface area contributed by atoms with E-state index in [0.29, 0.717) is 5.69 Å². The van der Waals surface area contributed by atoms with Crippen LogP contribution in [0.4, 0.5) is 4.39 Å². The molecule has 0 spiro atoms. The lowest BCUT2D eigenvalue weighted by atomic mass is 10.2. The van der Waals surface area contributed by atoms with Gasteiger partial charge in [-0.05, 0) is 18.6 Å². The van der Waals surface area contributed by atoms with Crippen LogP contribution in [-0.2, 0) is 11.2 Å². The zero-order chi connectivity index (χ0) is 8.27. The largest absolute Gasteiger partial charge is 0.303 e. The molecule has 0 amide bonds. The van der Waals surface area contributed by atoms with Gasteiger partial charge in [-0.1, -0.05) is 0 Å². The van der Waals surface area contributed by atoms with E-state index in [2.05, 4.69) is 4.98 Å². The van der Waals surface area contributed by atoms with Gasteiger partial charge in [0.05, 0.1) is 11.9 Å². The summed E-state index contributed by atoms with van der Waals surface area (Å²) in [6, 6.07) is 1.37. The number of halogens is 1. The lowest BCUT2D eigenvalue weighted by Crippen LogP contribution is -1.95. The first-order chi connectivity index (χ1) is 5.24. The molecular formula is C8H8FNO. The van der Waals surface area contributed by atoms with Gasteiger partial charge in [0, 0.05) is 6.42 Å². The number of aromatic nitrogens is 1. The number of nitrogens with zero attached hydrogens (tertiary/aromatic N) is 1. The van der Waals surface area contributed by atoms with Crippen molar-refractivity contribution < 1.29 is 9.18 Å². The highest BCUT2D eigenvalue weighted by Gasteiger charge is 1.99. The molecule has 0 saturated heterocycles. The van der Waals surface area contributed by atoms with Gasteiger partial charge in [-0.3, -0.25) is 4.98 Å². The van der Waals surface area contributed by atoms with Crippen molar-refractivity contribution in [3.63, 3.8) is 0 Å². The van der Waals surface area contributed by atoms with Crippen LogP contribution >= 0.6 is 0 Å². The third-order valence-corrected chi connectivity index (χ3v) is 1.43. The normalized spacial score (nSPS) is 9.64. The van der Waals surface area contributed by atoms with E-state index in [0.717, 1.165) is 18.0 Å². The molecule has 11 heavy (non-hydrogen) atoms. The van der Waals surface area contributed by atoms with Gasteiger partial charge in [-0.2, -0.15) is 0 Å². The molecular weight excluding hydrogens is 145 g/mol. The first-order valence-corrected chi connectivity index (χ1v) is 3.28. The van der Waals surface area contributed by atoms with Gasteiger partial charge in [-0.25, -0.2) is 4.39 Å². The SMILES string of the molecule is Cc1cc(F)cnc1CC=O. The van der Waals surface area contributed by atoms with E-state index in [1.165, 1.54) is 6.07 Å². The highest BCUT2D eigenvalue weighted by atomic mass is 19.1. The van der Waals surface area contributed by atoms with Gasteiger partial charge in [0.25, 0.3) is 0 Å². The number of pyridine rings is 1. The van der Waals surface area contributed by atoms with Gasteiger partial charge in [0.2, 0.25) is 0 Å². The van der Waals surface area contributed by atoms with Gasteiger partial charge < -0.3 is 4.79 Å². The average Bonchev–Trinajstić information content (AvgIpc) is 1.95. The Labute approximate surface area is 64.1 Å². The monoisotopic (exact) mass is 153 g/mol. The van der Waals surface area contributed by atoms with Gasteiger partial charge >= 0.3 is 0 Å². The number of aryl methyl sites for hydroxylation is 1. The number of carbonyl (C=O) groups is 1. The Hall–Kier alpha value is -1.25. The molecule has 1 heterocycles. The first-order valence-electron chi connectivity index (χ1n) is 3.28. The maximum atomic E-state index is 12.4. The summed E-state index contributed by atoms with van der Waals surface area (Å²) in [5.41, 5.74) is 1.36. The molecule has 0 aliphatic carbocycles. The summed E-state index contributed by atoms with van der Waals surface area (Å²) in [5.74, 6) is -0.364. The molecule has 0 aliphatic heterocycles. The zero-order valence-corrected chi connectivity index (χ0v) is 6.17. The number of hydrogen-bond acceptors (Lipinski definition) is 2. The van der Waals surface area contributed by atoms with Crippen LogP contribution in [0.1, 0.15) is 11.3 Å². The van der Waals surface area contributed by atoms with Crippen molar-refractivity contribution in [1.82, 2.24) is 4.98 Å². The van der Waals surface area contributed by atoms with Crippen LogP contribution < -0.4 is 0 Å². The molecule has 0 unspecified atom stereocenters. The van der Waals surface area contributed by atoms with Crippen molar-refractivity contribution in [3.8, 4) is 0 Å². The second-order valence-corrected chi connectivity index (χ2v) is 2.29. The summed E-state index contributed by atoms with van der Waals surface area (Å²) < 4.78 is 12.4. The Morgan fingerprint density at radius 2 is 2.45 bits per heavy atom. The molecule has 0 aliphatic rings. The Morgan fingerprint density at radius 3 is 3.00 bits per heavy atom. The summed E-state index contributed by atoms with van der Waals surface area (Å²) in [5, 5.41) is 0. The van der Waals surface area contributed by atoms with Crippen molar-refractivity contribution in [2.75, 3.05) is 0 Å². The van der Waals surface area contributed by atoms with Crippen molar-refractivity contribution >= 4 is 6.29 Å².